The minimum absolute atomic E-state index is 0.0576. The molecular formula is C32H35N3O6. The van der Waals surface area contributed by atoms with Gasteiger partial charge < -0.3 is 20.8 Å². The first-order valence-electron chi connectivity index (χ1n) is 13.8. The molecule has 4 N–H and O–H groups in total. The molecule has 0 heterocycles. The number of Topliss-reactive ketones (excluding diaryl/α,β-unsaturated/α-hetero) is 1. The van der Waals surface area contributed by atoms with Crippen molar-refractivity contribution in [3.8, 4) is 0 Å². The Morgan fingerprint density at radius 2 is 1.46 bits per heavy atom. The van der Waals surface area contributed by atoms with E-state index in [4.69, 9.17) is 5.11 Å². The van der Waals surface area contributed by atoms with Crippen LogP contribution in [0, 0.1) is 0 Å². The summed E-state index contributed by atoms with van der Waals surface area (Å²) in [4.78, 5) is 49.9. The van der Waals surface area contributed by atoms with E-state index in [1.807, 2.05) is 12.1 Å². The van der Waals surface area contributed by atoms with Crippen LogP contribution in [0.4, 0.5) is 16.2 Å². The summed E-state index contributed by atoms with van der Waals surface area (Å²) in [6, 6.07) is 21.1. The standard InChI is InChI=1S/C32H35N3O6/c1-21(36)23-11-15-27(16-12-23)34-32(41)35(28-17-13-25(14-18-28)24-5-3-2-4-6-24)20-22-7-9-26(10-8-22)30(38)33-19-29(37)31(39)40/h7-18,24,29,37H,2-6,19-20H2,1H3,(H,33,38)(H,34,41)(H,39,40)/t29-/m1/s1. The van der Waals surface area contributed by atoms with Gasteiger partial charge in [-0.3, -0.25) is 14.5 Å². The Balaban J connectivity index is 1.51. The van der Waals surface area contributed by atoms with Crippen molar-refractivity contribution in [1.82, 2.24) is 5.32 Å². The summed E-state index contributed by atoms with van der Waals surface area (Å²) < 4.78 is 0. The molecule has 214 valence electrons. The maximum absolute atomic E-state index is 13.5. The molecule has 0 radical (unpaired) electrons. The first-order chi connectivity index (χ1) is 19.7. The number of aliphatic hydroxyl groups excluding tert-OH is 1. The number of urea groups is 1. The van der Waals surface area contributed by atoms with Crippen LogP contribution in [0.15, 0.2) is 72.8 Å². The minimum atomic E-state index is -1.69. The molecule has 1 fully saturated rings. The van der Waals surface area contributed by atoms with E-state index in [0.717, 1.165) is 5.56 Å². The lowest BCUT2D eigenvalue weighted by atomic mass is 9.84. The molecule has 0 unspecified atom stereocenters. The molecule has 1 saturated carbocycles. The molecular weight excluding hydrogens is 522 g/mol. The van der Waals surface area contributed by atoms with Gasteiger partial charge in [0.15, 0.2) is 11.9 Å². The third kappa shape index (κ3) is 8.02. The molecule has 41 heavy (non-hydrogen) atoms. The lowest BCUT2D eigenvalue weighted by Gasteiger charge is -2.26. The monoisotopic (exact) mass is 557 g/mol. The summed E-state index contributed by atoms with van der Waals surface area (Å²) in [7, 11) is 0. The van der Waals surface area contributed by atoms with Crippen molar-refractivity contribution in [1.29, 1.82) is 0 Å². The minimum Gasteiger partial charge on any atom is -0.479 e. The van der Waals surface area contributed by atoms with Gasteiger partial charge in [0.05, 0.1) is 13.1 Å². The van der Waals surface area contributed by atoms with Crippen LogP contribution in [-0.2, 0) is 11.3 Å². The molecule has 0 aliphatic heterocycles. The van der Waals surface area contributed by atoms with Crippen LogP contribution >= 0.6 is 0 Å². The summed E-state index contributed by atoms with van der Waals surface area (Å²) in [5.41, 5.74) is 4.17. The highest BCUT2D eigenvalue weighted by Gasteiger charge is 2.20. The van der Waals surface area contributed by atoms with Crippen molar-refractivity contribution in [3.05, 3.63) is 95.1 Å². The normalized spacial score (nSPS) is 14.1. The summed E-state index contributed by atoms with van der Waals surface area (Å²) in [5, 5.41) is 23.5. The van der Waals surface area contributed by atoms with Gasteiger partial charge in [-0.25, -0.2) is 9.59 Å². The predicted molar refractivity (Wildman–Crippen MR) is 156 cm³/mol. The SMILES string of the molecule is CC(=O)c1ccc(NC(=O)N(Cc2ccc(C(=O)NC[C@@H](O)C(=O)O)cc2)c2ccc(C3CCCCC3)cc2)cc1. The summed E-state index contributed by atoms with van der Waals surface area (Å²) in [6.07, 6.45) is 4.41. The summed E-state index contributed by atoms with van der Waals surface area (Å²) in [6.45, 7) is 1.30. The van der Waals surface area contributed by atoms with E-state index >= 15 is 0 Å². The highest BCUT2D eigenvalue weighted by Crippen LogP contribution is 2.33. The van der Waals surface area contributed by atoms with Gasteiger partial charge >= 0.3 is 12.0 Å². The molecule has 9 heteroatoms. The molecule has 3 aromatic rings. The first kappa shape index (κ1) is 29.5. The Bertz CT molecular complexity index is 1360. The molecule has 1 atom stereocenters. The van der Waals surface area contributed by atoms with E-state index in [0.29, 0.717) is 28.4 Å². The van der Waals surface area contributed by atoms with E-state index in [2.05, 4.69) is 22.8 Å². The Morgan fingerprint density at radius 1 is 0.854 bits per heavy atom. The lowest BCUT2D eigenvalue weighted by molar-refractivity contribution is -0.146. The highest BCUT2D eigenvalue weighted by molar-refractivity contribution is 6.02. The number of carboxylic acids is 1. The molecule has 0 bridgehead atoms. The topological polar surface area (TPSA) is 136 Å². The molecule has 9 nitrogen and oxygen atoms in total. The van der Waals surface area contributed by atoms with Crippen LogP contribution in [0.2, 0.25) is 0 Å². The highest BCUT2D eigenvalue weighted by atomic mass is 16.4. The van der Waals surface area contributed by atoms with Gasteiger partial charge in [-0.05, 0) is 85.3 Å². The van der Waals surface area contributed by atoms with Crippen molar-refractivity contribution in [3.63, 3.8) is 0 Å². The fourth-order valence-corrected chi connectivity index (χ4v) is 4.94. The quantitative estimate of drug-likeness (QED) is 0.248. The van der Waals surface area contributed by atoms with Gasteiger partial charge in [-0.1, -0.05) is 43.5 Å². The maximum Gasteiger partial charge on any atom is 0.334 e. The smallest absolute Gasteiger partial charge is 0.334 e. The zero-order chi connectivity index (χ0) is 29.4. The van der Waals surface area contributed by atoms with Gasteiger partial charge in [-0.15, -0.1) is 0 Å². The number of nitrogens with zero attached hydrogens (tertiary/aromatic N) is 1. The van der Waals surface area contributed by atoms with Gasteiger partial charge in [0.2, 0.25) is 0 Å². The summed E-state index contributed by atoms with van der Waals surface area (Å²) >= 11 is 0. The molecule has 0 saturated heterocycles. The number of carboxylic acid groups (broad SMARTS) is 1. The molecule has 3 aromatic carbocycles. The van der Waals surface area contributed by atoms with Crippen LogP contribution in [0.1, 0.15) is 76.8 Å². The van der Waals surface area contributed by atoms with Gasteiger partial charge in [-0.2, -0.15) is 0 Å². The second-order valence-electron chi connectivity index (χ2n) is 10.3. The first-order valence-corrected chi connectivity index (χ1v) is 13.8. The number of carbonyl (C=O) groups is 4. The second kappa shape index (κ2) is 13.7. The molecule has 1 aliphatic rings. The van der Waals surface area contributed by atoms with Crippen LogP contribution in [0.3, 0.4) is 0 Å². The zero-order valence-electron chi connectivity index (χ0n) is 23.0. The Morgan fingerprint density at radius 3 is 2.05 bits per heavy atom. The number of ketones is 1. The van der Waals surface area contributed by atoms with Gasteiger partial charge in [0.25, 0.3) is 5.91 Å². The summed E-state index contributed by atoms with van der Waals surface area (Å²) in [5.74, 6) is -1.45. The van der Waals surface area contributed by atoms with Crippen molar-refractivity contribution >= 4 is 35.1 Å². The second-order valence-corrected chi connectivity index (χ2v) is 10.3. The van der Waals surface area contributed by atoms with E-state index in [9.17, 15) is 24.3 Å². The maximum atomic E-state index is 13.5. The Kier molecular flexibility index (Phi) is 9.86. The van der Waals surface area contributed by atoms with Crippen molar-refractivity contribution in [2.75, 3.05) is 16.8 Å². The van der Waals surface area contributed by atoms with E-state index in [-0.39, 0.29) is 18.4 Å². The zero-order valence-corrected chi connectivity index (χ0v) is 23.0. The number of nitrogens with one attached hydrogen (secondary N) is 2. The fourth-order valence-electron chi connectivity index (χ4n) is 4.94. The average Bonchev–Trinajstić information content (AvgIpc) is 2.99. The third-order valence-electron chi connectivity index (χ3n) is 7.37. The molecule has 3 amide bonds. The molecule has 0 aromatic heterocycles. The fraction of sp³-hybridized carbons (Fsp3) is 0.312. The largest absolute Gasteiger partial charge is 0.479 e. The van der Waals surface area contributed by atoms with Crippen molar-refractivity contribution in [2.24, 2.45) is 0 Å². The van der Waals surface area contributed by atoms with Gasteiger partial charge in [0, 0.05) is 22.5 Å². The van der Waals surface area contributed by atoms with E-state index in [1.165, 1.54) is 44.6 Å². The van der Waals surface area contributed by atoms with Gasteiger partial charge in [0.1, 0.15) is 0 Å². The number of rotatable bonds is 10. The number of anilines is 2. The number of amides is 3. The van der Waals surface area contributed by atoms with Crippen molar-refractivity contribution < 1.29 is 29.4 Å². The molecule has 1 aliphatic carbocycles. The predicted octanol–water partition coefficient (Wildman–Crippen LogP) is 5.35. The van der Waals surface area contributed by atoms with Crippen LogP contribution in [0.5, 0.6) is 0 Å². The number of aliphatic carboxylic acids is 1. The average molecular weight is 558 g/mol. The number of hydrogen-bond donors (Lipinski definition) is 4. The van der Waals surface area contributed by atoms with E-state index < -0.39 is 24.5 Å². The molecule has 0 spiro atoms. The third-order valence-corrected chi connectivity index (χ3v) is 7.37. The van der Waals surface area contributed by atoms with Crippen molar-refractivity contribution in [2.45, 2.75) is 57.6 Å². The Hall–Kier alpha value is -4.50. The number of carbonyl (C=O) groups excluding carboxylic acids is 3. The van der Waals surface area contributed by atoms with E-state index in [1.54, 1.807) is 53.4 Å². The van der Waals surface area contributed by atoms with Crippen LogP contribution in [0.25, 0.3) is 0 Å². The Labute approximate surface area is 239 Å². The van der Waals surface area contributed by atoms with Crippen LogP contribution in [-0.4, -0.2) is 46.6 Å². The number of hydrogen-bond acceptors (Lipinski definition) is 5. The lowest BCUT2D eigenvalue weighted by Crippen LogP contribution is -2.36. The molecule has 4 rings (SSSR count). The van der Waals surface area contributed by atoms with Crippen LogP contribution < -0.4 is 15.5 Å². The number of aliphatic hydroxyl groups is 1. The number of benzene rings is 3.